The van der Waals surface area contributed by atoms with Crippen molar-refractivity contribution in [1.82, 2.24) is 9.78 Å². The summed E-state index contributed by atoms with van der Waals surface area (Å²) in [6.45, 7) is 2.89. The van der Waals surface area contributed by atoms with Gasteiger partial charge < -0.3 is 9.64 Å². The van der Waals surface area contributed by atoms with Crippen molar-refractivity contribution in [3.63, 3.8) is 0 Å². The van der Waals surface area contributed by atoms with E-state index in [-0.39, 0.29) is 30.3 Å². The number of aromatic nitrogens is 2. The molecule has 0 spiro atoms. The van der Waals surface area contributed by atoms with Gasteiger partial charge in [0.05, 0.1) is 13.1 Å². The number of ether oxygens (including phenoxy) is 1. The van der Waals surface area contributed by atoms with Crippen molar-refractivity contribution >= 4 is 11.6 Å². The number of aryl methyl sites for hydroxylation is 1. The molecule has 0 radical (unpaired) electrons. The highest BCUT2D eigenvalue weighted by Crippen LogP contribution is 2.20. The maximum absolute atomic E-state index is 13.5. The van der Waals surface area contributed by atoms with E-state index in [4.69, 9.17) is 4.74 Å². The van der Waals surface area contributed by atoms with Gasteiger partial charge in [-0.25, -0.2) is 4.68 Å². The quantitative estimate of drug-likeness (QED) is 0.406. The van der Waals surface area contributed by atoms with E-state index in [1.165, 1.54) is 16.8 Å². The van der Waals surface area contributed by atoms with Crippen LogP contribution in [0.25, 0.3) is 0 Å². The van der Waals surface area contributed by atoms with Gasteiger partial charge in [0, 0.05) is 11.8 Å². The van der Waals surface area contributed by atoms with Gasteiger partial charge in [-0.05, 0) is 42.8 Å². The first-order chi connectivity index (χ1) is 16.1. The highest BCUT2D eigenvalue weighted by Gasteiger charge is 2.20. The van der Waals surface area contributed by atoms with Gasteiger partial charge in [0.1, 0.15) is 18.1 Å². The molecule has 0 aliphatic rings. The molecular weight excluding hydrogens is 414 g/mol. The Morgan fingerprint density at radius 2 is 1.55 bits per heavy atom. The van der Waals surface area contributed by atoms with E-state index in [2.05, 4.69) is 5.10 Å². The molecule has 1 aromatic heterocycles. The number of carbonyl (C=O) groups excluding carboxylic acids is 1. The molecule has 166 valence electrons. The highest BCUT2D eigenvalue weighted by atomic mass is 16.5. The Morgan fingerprint density at radius 1 is 0.879 bits per heavy atom. The first-order valence-corrected chi connectivity index (χ1v) is 10.8. The number of nitrogens with zero attached hydrogens (tertiary/aromatic N) is 3. The molecule has 1 amide bonds. The number of para-hydroxylation sites is 1. The number of anilines is 1. The van der Waals surface area contributed by atoms with Crippen molar-refractivity contribution in [3.05, 3.63) is 124 Å². The minimum absolute atomic E-state index is 0.200. The standard InChI is InChI=1S/C27H25N3O3/c1-21-12-14-23(15-13-21)29(20-22-8-4-2-5-9-22)27(32)25-16-17-26(31)30(28-25)18-19-33-24-10-6-3-7-11-24/h2-17H,18-20H2,1H3. The third kappa shape index (κ3) is 5.74. The molecule has 4 rings (SSSR count). The fourth-order valence-electron chi connectivity index (χ4n) is 3.40. The van der Waals surface area contributed by atoms with Gasteiger partial charge in [0.25, 0.3) is 11.5 Å². The van der Waals surface area contributed by atoms with Crippen LogP contribution in [-0.4, -0.2) is 22.3 Å². The van der Waals surface area contributed by atoms with E-state index in [1.807, 2.05) is 91.9 Å². The first-order valence-electron chi connectivity index (χ1n) is 10.8. The number of amides is 1. The monoisotopic (exact) mass is 439 g/mol. The summed E-state index contributed by atoms with van der Waals surface area (Å²) in [5.41, 5.74) is 2.78. The lowest BCUT2D eigenvalue weighted by atomic mass is 10.1. The zero-order chi connectivity index (χ0) is 23.0. The number of hydrogen-bond acceptors (Lipinski definition) is 4. The summed E-state index contributed by atoms with van der Waals surface area (Å²) in [4.78, 5) is 27.5. The lowest BCUT2D eigenvalue weighted by Gasteiger charge is -2.23. The van der Waals surface area contributed by atoms with Crippen LogP contribution in [0.15, 0.2) is 102 Å². The molecular formula is C27H25N3O3. The molecule has 0 saturated heterocycles. The van der Waals surface area contributed by atoms with Crippen molar-refractivity contribution in [2.45, 2.75) is 20.0 Å². The van der Waals surface area contributed by atoms with Crippen LogP contribution in [0.5, 0.6) is 5.75 Å². The third-order valence-corrected chi connectivity index (χ3v) is 5.18. The SMILES string of the molecule is Cc1ccc(N(Cc2ccccc2)C(=O)c2ccc(=O)n(CCOc3ccccc3)n2)cc1. The molecule has 33 heavy (non-hydrogen) atoms. The molecule has 0 fully saturated rings. The summed E-state index contributed by atoms with van der Waals surface area (Å²) >= 11 is 0. The maximum Gasteiger partial charge on any atom is 0.279 e. The summed E-state index contributed by atoms with van der Waals surface area (Å²) in [5, 5.41) is 4.34. The van der Waals surface area contributed by atoms with Crippen LogP contribution in [0.3, 0.4) is 0 Å². The normalized spacial score (nSPS) is 10.6. The van der Waals surface area contributed by atoms with Crippen molar-refractivity contribution in [3.8, 4) is 5.75 Å². The summed E-state index contributed by atoms with van der Waals surface area (Å²) in [6.07, 6.45) is 0. The zero-order valence-corrected chi connectivity index (χ0v) is 18.4. The van der Waals surface area contributed by atoms with Gasteiger partial charge >= 0.3 is 0 Å². The summed E-state index contributed by atoms with van der Waals surface area (Å²) in [6, 6.07) is 29.8. The second-order valence-electron chi connectivity index (χ2n) is 7.65. The topological polar surface area (TPSA) is 64.4 Å². The Hall–Kier alpha value is -4.19. The lowest BCUT2D eigenvalue weighted by molar-refractivity contribution is 0.0977. The molecule has 0 bridgehead atoms. The highest BCUT2D eigenvalue weighted by molar-refractivity contribution is 6.04. The second-order valence-corrected chi connectivity index (χ2v) is 7.65. The first kappa shape index (κ1) is 22.0. The summed E-state index contributed by atoms with van der Waals surface area (Å²) < 4.78 is 6.95. The van der Waals surface area contributed by atoms with Gasteiger partial charge in [-0.1, -0.05) is 66.2 Å². The van der Waals surface area contributed by atoms with Crippen molar-refractivity contribution in [2.24, 2.45) is 0 Å². The van der Waals surface area contributed by atoms with E-state index in [1.54, 1.807) is 4.90 Å². The third-order valence-electron chi connectivity index (χ3n) is 5.18. The smallest absolute Gasteiger partial charge is 0.279 e. The lowest BCUT2D eigenvalue weighted by Crippen LogP contribution is -2.34. The van der Waals surface area contributed by atoms with Gasteiger partial charge in [-0.3, -0.25) is 9.59 Å². The molecule has 4 aromatic rings. The number of benzene rings is 3. The molecule has 0 aliphatic carbocycles. The minimum atomic E-state index is -0.284. The van der Waals surface area contributed by atoms with Crippen LogP contribution in [0.2, 0.25) is 0 Å². The Balaban J connectivity index is 1.56. The largest absolute Gasteiger partial charge is 0.492 e. The molecule has 0 unspecified atom stereocenters. The molecule has 0 atom stereocenters. The van der Waals surface area contributed by atoms with Crippen LogP contribution in [0.1, 0.15) is 21.6 Å². The van der Waals surface area contributed by atoms with E-state index in [9.17, 15) is 9.59 Å². The summed E-state index contributed by atoms with van der Waals surface area (Å²) in [7, 11) is 0. The number of hydrogen-bond donors (Lipinski definition) is 0. The number of carbonyl (C=O) groups is 1. The van der Waals surface area contributed by atoms with Crippen molar-refractivity contribution in [1.29, 1.82) is 0 Å². The van der Waals surface area contributed by atoms with Gasteiger partial charge in [0.2, 0.25) is 0 Å². The molecule has 6 nitrogen and oxygen atoms in total. The van der Waals surface area contributed by atoms with Crippen LogP contribution >= 0.6 is 0 Å². The Labute approximate surface area is 192 Å². The second kappa shape index (κ2) is 10.4. The minimum Gasteiger partial charge on any atom is -0.492 e. The zero-order valence-electron chi connectivity index (χ0n) is 18.4. The van der Waals surface area contributed by atoms with E-state index >= 15 is 0 Å². The fourth-order valence-corrected chi connectivity index (χ4v) is 3.40. The molecule has 3 aromatic carbocycles. The van der Waals surface area contributed by atoms with E-state index in [0.717, 1.165) is 16.8 Å². The predicted octanol–water partition coefficient (Wildman–Crippen LogP) is 4.48. The van der Waals surface area contributed by atoms with Gasteiger partial charge in [0.15, 0.2) is 0 Å². The van der Waals surface area contributed by atoms with E-state index in [0.29, 0.717) is 12.3 Å². The Bertz CT molecular complexity index is 1250. The molecule has 0 aliphatic heterocycles. The van der Waals surface area contributed by atoms with Crippen molar-refractivity contribution in [2.75, 3.05) is 11.5 Å². The van der Waals surface area contributed by atoms with E-state index < -0.39 is 0 Å². The maximum atomic E-state index is 13.5. The Kier molecular flexibility index (Phi) is 6.95. The molecule has 1 heterocycles. The van der Waals surface area contributed by atoms with Gasteiger partial charge in [-0.15, -0.1) is 0 Å². The molecule has 6 heteroatoms. The molecule has 0 N–H and O–H groups in total. The Morgan fingerprint density at radius 3 is 2.24 bits per heavy atom. The van der Waals surface area contributed by atoms with Crippen LogP contribution in [0.4, 0.5) is 5.69 Å². The van der Waals surface area contributed by atoms with Crippen molar-refractivity contribution < 1.29 is 9.53 Å². The average Bonchev–Trinajstić information content (AvgIpc) is 2.85. The van der Waals surface area contributed by atoms with Crippen LogP contribution in [-0.2, 0) is 13.1 Å². The van der Waals surface area contributed by atoms with Crippen LogP contribution < -0.4 is 15.2 Å². The molecule has 0 saturated carbocycles. The van der Waals surface area contributed by atoms with Gasteiger partial charge in [-0.2, -0.15) is 5.10 Å². The van der Waals surface area contributed by atoms with Crippen LogP contribution in [0, 0.1) is 6.92 Å². The number of rotatable bonds is 8. The average molecular weight is 440 g/mol. The fraction of sp³-hybridized carbons (Fsp3) is 0.148. The predicted molar refractivity (Wildman–Crippen MR) is 129 cm³/mol. The summed E-state index contributed by atoms with van der Waals surface area (Å²) in [5.74, 6) is 0.437.